The van der Waals surface area contributed by atoms with Gasteiger partial charge < -0.3 is 4.57 Å². The maximum absolute atomic E-state index is 4.06. The Hall–Kier alpha value is -1.55. The van der Waals surface area contributed by atoms with Gasteiger partial charge in [-0.05, 0) is 37.6 Å². The normalized spacial score (nSPS) is 21.3. The number of piperidine rings is 1. The minimum absolute atomic E-state index is 0.613. The van der Waals surface area contributed by atoms with Crippen LogP contribution in [0.5, 0.6) is 0 Å². The zero-order valence-electron chi connectivity index (χ0n) is 10.8. The number of nitrogens with zero attached hydrogens (tertiary/aromatic N) is 3. The number of aromatic nitrogens is 3. The van der Waals surface area contributed by atoms with Gasteiger partial charge in [0.2, 0.25) is 0 Å². The van der Waals surface area contributed by atoms with E-state index < -0.39 is 0 Å². The molecule has 0 spiro atoms. The summed E-state index contributed by atoms with van der Waals surface area (Å²) >= 11 is 0. The van der Waals surface area contributed by atoms with Crippen LogP contribution in [0.3, 0.4) is 0 Å². The van der Waals surface area contributed by atoms with E-state index in [1.54, 1.807) is 0 Å². The predicted molar refractivity (Wildman–Crippen MR) is 71.3 cm³/mol. The molecule has 0 aliphatic carbocycles. The first-order valence-electron chi connectivity index (χ1n) is 6.65. The van der Waals surface area contributed by atoms with Crippen LogP contribution in [-0.4, -0.2) is 32.8 Å². The van der Waals surface area contributed by atoms with Gasteiger partial charge in [0.15, 0.2) is 0 Å². The van der Waals surface area contributed by atoms with E-state index in [0.29, 0.717) is 5.92 Å². The molecule has 1 fully saturated rings. The van der Waals surface area contributed by atoms with E-state index in [9.17, 15) is 0 Å². The highest BCUT2D eigenvalue weighted by molar-refractivity contribution is 5.10. The summed E-state index contributed by atoms with van der Waals surface area (Å²) in [6, 6.07) is 6.43. The van der Waals surface area contributed by atoms with Crippen molar-refractivity contribution in [3.63, 3.8) is 0 Å². The number of H-pyrrole nitrogens is 1. The Morgan fingerprint density at radius 2 is 2.39 bits per heavy atom. The van der Waals surface area contributed by atoms with Gasteiger partial charge in [-0.2, -0.15) is 5.10 Å². The number of hydrogen-bond acceptors (Lipinski definition) is 2. The van der Waals surface area contributed by atoms with Crippen LogP contribution in [0.25, 0.3) is 0 Å². The average molecular weight is 244 g/mol. The Balaban J connectivity index is 1.66. The van der Waals surface area contributed by atoms with Crippen LogP contribution in [0.1, 0.15) is 30.1 Å². The molecule has 18 heavy (non-hydrogen) atoms. The van der Waals surface area contributed by atoms with E-state index in [1.807, 2.05) is 6.20 Å². The second-order valence-corrected chi connectivity index (χ2v) is 5.20. The Morgan fingerprint density at radius 1 is 1.44 bits per heavy atom. The summed E-state index contributed by atoms with van der Waals surface area (Å²) in [5, 5.41) is 7.18. The number of aryl methyl sites for hydroxylation is 1. The van der Waals surface area contributed by atoms with Crippen LogP contribution < -0.4 is 0 Å². The fourth-order valence-electron chi connectivity index (χ4n) is 2.84. The van der Waals surface area contributed by atoms with Crippen molar-refractivity contribution in [1.82, 2.24) is 19.7 Å². The van der Waals surface area contributed by atoms with Gasteiger partial charge in [-0.25, -0.2) is 0 Å². The summed E-state index contributed by atoms with van der Waals surface area (Å²) in [4.78, 5) is 2.55. The molecule has 2 aromatic heterocycles. The van der Waals surface area contributed by atoms with Gasteiger partial charge in [0.05, 0.1) is 0 Å². The van der Waals surface area contributed by atoms with Crippen molar-refractivity contribution >= 4 is 0 Å². The molecule has 1 aliphatic heterocycles. The molecule has 0 aromatic carbocycles. The van der Waals surface area contributed by atoms with Crippen LogP contribution in [0, 0.1) is 0 Å². The zero-order chi connectivity index (χ0) is 12.4. The third kappa shape index (κ3) is 2.34. The molecule has 1 saturated heterocycles. The lowest BCUT2D eigenvalue weighted by Gasteiger charge is -2.32. The lowest BCUT2D eigenvalue weighted by atomic mass is 9.95. The number of aromatic amines is 1. The highest BCUT2D eigenvalue weighted by Crippen LogP contribution is 2.26. The Bertz CT molecular complexity index is 486. The molecule has 0 unspecified atom stereocenters. The third-order valence-corrected chi connectivity index (χ3v) is 3.90. The summed E-state index contributed by atoms with van der Waals surface area (Å²) in [7, 11) is 2.12. The summed E-state index contributed by atoms with van der Waals surface area (Å²) in [6.07, 6.45) is 6.51. The van der Waals surface area contributed by atoms with Gasteiger partial charge in [-0.15, -0.1) is 0 Å². The second kappa shape index (κ2) is 4.98. The molecule has 96 valence electrons. The van der Waals surface area contributed by atoms with Crippen molar-refractivity contribution < 1.29 is 0 Å². The van der Waals surface area contributed by atoms with Crippen LogP contribution in [0.4, 0.5) is 0 Å². The minimum atomic E-state index is 0.613. The zero-order valence-corrected chi connectivity index (χ0v) is 10.8. The van der Waals surface area contributed by atoms with Crippen LogP contribution in [0.2, 0.25) is 0 Å². The van der Waals surface area contributed by atoms with Crippen molar-refractivity contribution in [2.24, 2.45) is 7.05 Å². The lowest BCUT2D eigenvalue weighted by Crippen LogP contribution is -2.34. The lowest BCUT2D eigenvalue weighted by molar-refractivity contribution is 0.195. The van der Waals surface area contributed by atoms with Crippen molar-refractivity contribution in [3.05, 3.63) is 42.0 Å². The highest BCUT2D eigenvalue weighted by Gasteiger charge is 2.22. The average Bonchev–Trinajstić information content (AvgIpc) is 3.02. The molecule has 2 aromatic rings. The largest absolute Gasteiger partial charge is 0.353 e. The smallest absolute Gasteiger partial charge is 0.0490 e. The summed E-state index contributed by atoms with van der Waals surface area (Å²) in [5.74, 6) is 0.613. The molecule has 0 radical (unpaired) electrons. The quantitative estimate of drug-likeness (QED) is 0.898. The van der Waals surface area contributed by atoms with Gasteiger partial charge >= 0.3 is 0 Å². The summed E-state index contributed by atoms with van der Waals surface area (Å²) < 4.78 is 2.21. The molecule has 1 atom stereocenters. The standard InChI is InChI=1S/C14H20N4/c1-17-8-3-5-13(17)11-18-9-2-4-12(10-18)14-6-7-15-16-14/h3,5-8,12H,2,4,9-11H2,1H3,(H,15,16)/t12-/m0/s1. The van der Waals surface area contributed by atoms with E-state index in [2.05, 4.69) is 51.1 Å². The van der Waals surface area contributed by atoms with Gasteiger partial charge in [0.25, 0.3) is 0 Å². The van der Waals surface area contributed by atoms with E-state index >= 15 is 0 Å². The monoisotopic (exact) mass is 244 g/mol. The number of rotatable bonds is 3. The number of nitrogens with one attached hydrogen (secondary N) is 1. The molecule has 4 nitrogen and oxygen atoms in total. The fourth-order valence-corrected chi connectivity index (χ4v) is 2.84. The van der Waals surface area contributed by atoms with Crippen molar-refractivity contribution in [2.75, 3.05) is 13.1 Å². The van der Waals surface area contributed by atoms with E-state index in [-0.39, 0.29) is 0 Å². The topological polar surface area (TPSA) is 36.9 Å². The molecule has 3 rings (SSSR count). The van der Waals surface area contributed by atoms with Crippen LogP contribution >= 0.6 is 0 Å². The molecule has 0 amide bonds. The first-order chi connectivity index (χ1) is 8.83. The van der Waals surface area contributed by atoms with Gasteiger partial charge in [0.1, 0.15) is 0 Å². The molecule has 0 saturated carbocycles. The molecule has 1 N–H and O–H groups in total. The minimum Gasteiger partial charge on any atom is -0.353 e. The van der Waals surface area contributed by atoms with Gasteiger partial charge in [-0.1, -0.05) is 0 Å². The molecule has 0 bridgehead atoms. The first-order valence-corrected chi connectivity index (χ1v) is 6.65. The molecule has 1 aliphatic rings. The fraction of sp³-hybridized carbons (Fsp3) is 0.500. The summed E-state index contributed by atoms with van der Waals surface area (Å²) in [5.41, 5.74) is 2.67. The van der Waals surface area contributed by atoms with E-state index in [0.717, 1.165) is 13.1 Å². The van der Waals surface area contributed by atoms with E-state index in [1.165, 1.54) is 30.8 Å². The number of likely N-dealkylation sites (tertiary alicyclic amines) is 1. The molecular formula is C14H20N4. The van der Waals surface area contributed by atoms with E-state index in [4.69, 9.17) is 0 Å². The Labute approximate surface area is 108 Å². The SMILES string of the molecule is Cn1cccc1CN1CCC[C@H](c2ccn[nH]2)C1. The van der Waals surface area contributed by atoms with Crippen LogP contribution in [0.15, 0.2) is 30.6 Å². The van der Waals surface area contributed by atoms with Crippen molar-refractivity contribution in [3.8, 4) is 0 Å². The predicted octanol–water partition coefficient (Wildman–Crippen LogP) is 2.13. The molecule has 3 heterocycles. The maximum Gasteiger partial charge on any atom is 0.0490 e. The van der Waals surface area contributed by atoms with Crippen LogP contribution in [-0.2, 0) is 13.6 Å². The van der Waals surface area contributed by atoms with Gasteiger partial charge in [-0.3, -0.25) is 10.00 Å². The van der Waals surface area contributed by atoms with Crippen molar-refractivity contribution in [2.45, 2.75) is 25.3 Å². The van der Waals surface area contributed by atoms with Gasteiger partial charge in [0, 0.05) is 49.8 Å². The summed E-state index contributed by atoms with van der Waals surface area (Å²) in [6.45, 7) is 3.39. The Kier molecular flexibility index (Phi) is 3.19. The Morgan fingerprint density at radius 3 is 3.11 bits per heavy atom. The molecule has 4 heteroatoms. The number of hydrogen-bond donors (Lipinski definition) is 1. The molecular weight excluding hydrogens is 224 g/mol. The maximum atomic E-state index is 4.06. The first kappa shape index (κ1) is 11.5. The highest BCUT2D eigenvalue weighted by atomic mass is 15.2. The third-order valence-electron chi connectivity index (χ3n) is 3.90. The van der Waals surface area contributed by atoms with Crippen molar-refractivity contribution in [1.29, 1.82) is 0 Å². The second-order valence-electron chi connectivity index (χ2n) is 5.20.